The Hall–Kier alpha value is -0.660. The van der Waals surface area contributed by atoms with Crippen molar-refractivity contribution in [3.63, 3.8) is 0 Å². The molecule has 1 saturated heterocycles. The van der Waals surface area contributed by atoms with E-state index in [1.165, 1.54) is 10.6 Å². The molecule has 21 heavy (non-hydrogen) atoms. The molecule has 122 valence electrons. The molecule has 1 aliphatic carbocycles. The third kappa shape index (κ3) is 4.93. The highest BCUT2D eigenvalue weighted by atomic mass is 32.2. The van der Waals surface area contributed by atoms with E-state index < -0.39 is 10.0 Å². The molecule has 2 fully saturated rings. The number of piperazine rings is 1. The molecule has 2 aliphatic rings. The molecule has 0 aromatic rings. The maximum Gasteiger partial charge on any atom is 0.222 e. The van der Waals surface area contributed by atoms with Crippen molar-refractivity contribution in [1.82, 2.24) is 9.21 Å². The van der Waals surface area contributed by atoms with Gasteiger partial charge in [-0.1, -0.05) is 0 Å². The first-order chi connectivity index (χ1) is 9.86. The summed E-state index contributed by atoms with van der Waals surface area (Å²) >= 11 is 0. The summed E-state index contributed by atoms with van der Waals surface area (Å²) in [5.41, 5.74) is 5.89. The topological polar surface area (TPSA) is 83.7 Å². The average molecular weight is 317 g/mol. The van der Waals surface area contributed by atoms with Crippen LogP contribution in [0, 0.1) is 5.92 Å². The summed E-state index contributed by atoms with van der Waals surface area (Å²) in [6.45, 7) is 1.87. The summed E-state index contributed by atoms with van der Waals surface area (Å²) in [4.78, 5) is 14.0. The minimum Gasteiger partial charge on any atom is -0.340 e. The van der Waals surface area contributed by atoms with E-state index in [0.29, 0.717) is 44.6 Å². The number of sulfonamides is 1. The van der Waals surface area contributed by atoms with Crippen molar-refractivity contribution < 1.29 is 13.2 Å². The highest BCUT2D eigenvalue weighted by Crippen LogP contribution is 2.27. The van der Waals surface area contributed by atoms with Gasteiger partial charge in [0.1, 0.15) is 0 Å². The summed E-state index contributed by atoms with van der Waals surface area (Å²) in [5.74, 6) is 0.795. The van der Waals surface area contributed by atoms with Crippen LogP contribution in [-0.4, -0.2) is 62.0 Å². The lowest BCUT2D eigenvalue weighted by atomic mass is 9.84. The monoisotopic (exact) mass is 317 g/mol. The van der Waals surface area contributed by atoms with Crippen molar-refractivity contribution >= 4 is 15.9 Å². The Morgan fingerprint density at radius 1 is 1.10 bits per heavy atom. The Kier molecular flexibility index (Phi) is 5.62. The summed E-state index contributed by atoms with van der Waals surface area (Å²) in [6.07, 6.45) is 7.17. The van der Waals surface area contributed by atoms with E-state index >= 15 is 0 Å². The van der Waals surface area contributed by atoms with Crippen LogP contribution in [0.5, 0.6) is 0 Å². The lowest BCUT2D eigenvalue weighted by Gasteiger charge is -2.34. The molecule has 0 unspecified atom stereocenters. The van der Waals surface area contributed by atoms with Gasteiger partial charge in [-0.05, 0) is 38.0 Å². The molecular formula is C14H27N3O3S. The van der Waals surface area contributed by atoms with E-state index in [9.17, 15) is 13.2 Å². The lowest BCUT2D eigenvalue weighted by molar-refractivity contribution is -0.132. The number of rotatable bonds is 4. The fraction of sp³-hybridized carbons (Fsp3) is 0.929. The Labute approximate surface area is 127 Å². The van der Waals surface area contributed by atoms with Crippen LogP contribution in [0.15, 0.2) is 0 Å². The SMILES string of the molecule is CS(=O)(=O)N1CCN(C(=O)CCC2CCC(N)CC2)CC1. The number of nitrogens with two attached hydrogens (primary N) is 1. The number of amides is 1. The van der Waals surface area contributed by atoms with Crippen LogP contribution in [-0.2, 0) is 14.8 Å². The number of nitrogens with zero attached hydrogens (tertiary/aromatic N) is 2. The van der Waals surface area contributed by atoms with Gasteiger partial charge in [-0.15, -0.1) is 0 Å². The average Bonchev–Trinajstić information content (AvgIpc) is 2.45. The Morgan fingerprint density at radius 3 is 2.19 bits per heavy atom. The van der Waals surface area contributed by atoms with Crippen LogP contribution in [0.3, 0.4) is 0 Å². The van der Waals surface area contributed by atoms with E-state index in [0.717, 1.165) is 32.1 Å². The third-order valence-electron chi connectivity index (χ3n) is 4.72. The first-order valence-electron chi connectivity index (χ1n) is 7.84. The van der Waals surface area contributed by atoms with Crippen LogP contribution in [0.2, 0.25) is 0 Å². The quantitative estimate of drug-likeness (QED) is 0.813. The molecule has 0 bridgehead atoms. The second-order valence-corrected chi connectivity index (χ2v) is 8.34. The molecule has 2 N–H and O–H groups in total. The molecule has 1 aliphatic heterocycles. The van der Waals surface area contributed by atoms with E-state index in [4.69, 9.17) is 5.73 Å². The molecular weight excluding hydrogens is 290 g/mol. The van der Waals surface area contributed by atoms with Gasteiger partial charge in [-0.25, -0.2) is 8.42 Å². The van der Waals surface area contributed by atoms with Crippen molar-refractivity contribution in [2.45, 2.75) is 44.6 Å². The van der Waals surface area contributed by atoms with E-state index in [-0.39, 0.29) is 5.91 Å². The minimum absolute atomic E-state index is 0.165. The van der Waals surface area contributed by atoms with E-state index in [1.54, 1.807) is 4.90 Å². The lowest BCUT2D eigenvalue weighted by Crippen LogP contribution is -2.50. The molecule has 7 heteroatoms. The molecule has 1 saturated carbocycles. The predicted molar refractivity (Wildman–Crippen MR) is 82.2 cm³/mol. The van der Waals surface area contributed by atoms with Crippen molar-refractivity contribution in [1.29, 1.82) is 0 Å². The van der Waals surface area contributed by atoms with Crippen LogP contribution in [0.1, 0.15) is 38.5 Å². The normalized spacial score (nSPS) is 28.6. The summed E-state index contributed by atoms with van der Waals surface area (Å²) in [6, 6.07) is 0.348. The maximum absolute atomic E-state index is 12.2. The van der Waals surface area contributed by atoms with Gasteiger partial charge in [0.15, 0.2) is 0 Å². The van der Waals surface area contributed by atoms with E-state index in [1.807, 2.05) is 0 Å². The molecule has 1 amide bonds. The van der Waals surface area contributed by atoms with E-state index in [2.05, 4.69) is 0 Å². The van der Waals surface area contributed by atoms with Gasteiger partial charge in [-0.2, -0.15) is 4.31 Å². The molecule has 1 heterocycles. The molecule has 0 spiro atoms. The molecule has 0 aromatic heterocycles. The fourth-order valence-corrected chi connectivity index (χ4v) is 4.06. The number of hydrogen-bond donors (Lipinski definition) is 1. The van der Waals surface area contributed by atoms with Crippen molar-refractivity contribution in [2.24, 2.45) is 11.7 Å². The molecule has 0 radical (unpaired) electrons. The molecule has 2 rings (SSSR count). The van der Waals surface area contributed by atoms with Crippen LogP contribution in [0.4, 0.5) is 0 Å². The zero-order chi connectivity index (χ0) is 15.5. The number of carbonyl (C=O) groups is 1. The maximum atomic E-state index is 12.2. The van der Waals surface area contributed by atoms with Crippen molar-refractivity contribution in [3.8, 4) is 0 Å². The smallest absolute Gasteiger partial charge is 0.222 e. The molecule has 0 atom stereocenters. The fourth-order valence-electron chi connectivity index (χ4n) is 3.23. The molecule has 6 nitrogen and oxygen atoms in total. The Bertz CT molecular complexity index is 450. The standard InChI is InChI=1S/C14H27N3O3S/c1-21(19,20)17-10-8-16(9-11-17)14(18)7-4-12-2-5-13(15)6-3-12/h12-13H,2-11,15H2,1H3. The highest BCUT2D eigenvalue weighted by molar-refractivity contribution is 7.88. The van der Waals surface area contributed by atoms with Gasteiger partial charge >= 0.3 is 0 Å². The summed E-state index contributed by atoms with van der Waals surface area (Å²) in [5, 5.41) is 0. The predicted octanol–water partition coefficient (Wildman–Crippen LogP) is 0.388. The van der Waals surface area contributed by atoms with Gasteiger partial charge in [-0.3, -0.25) is 4.79 Å². The Balaban J connectivity index is 1.70. The largest absolute Gasteiger partial charge is 0.340 e. The second kappa shape index (κ2) is 7.07. The van der Waals surface area contributed by atoms with Gasteiger partial charge < -0.3 is 10.6 Å². The van der Waals surface area contributed by atoms with Crippen LogP contribution >= 0.6 is 0 Å². The van der Waals surface area contributed by atoms with Crippen LogP contribution < -0.4 is 5.73 Å². The van der Waals surface area contributed by atoms with Crippen molar-refractivity contribution in [2.75, 3.05) is 32.4 Å². The Morgan fingerprint density at radius 2 is 1.67 bits per heavy atom. The van der Waals surface area contributed by atoms with Gasteiger partial charge in [0.05, 0.1) is 6.26 Å². The molecule has 0 aromatic carbocycles. The second-order valence-electron chi connectivity index (χ2n) is 6.36. The summed E-state index contributed by atoms with van der Waals surface area (Å²) < 4.78 is 24.3. The zero-order valence-electron chi connectivity index (χ0n) is 12.8. The summed E-state index contributed by atoms with van der Waals surface area (Å²) in [7, 11) is -3.13. The third-order valence-corrected chi connectivity index (χ3v) is 6.02. The number of hydrogen-bond acceptors (Lipinski definition) is 4. The first-order valence-corrected chi connectivity index (χ1v) is 9.69. The number of carbonyl (C=O) groups excluding carboxylic acids is 1. The van der Waals surface area contributed by atoms with Gasteiger partial charge in [0, 0.05) is 38.6 Å². The van der Waals surface area contributed by atoms with Crippen molar-refractivity contribution in [3.05, 3.63) is 0 Å². The first kappa shape index (κ1) is 16.7. The van der Waals surface area contributed by atoms with Crippen LogP contribution in [0.25, 0.3) is 0 Å². The zero-order valence-corrected chi connectivity index (χ0v) is 13.6. The van der Waals surface area contributed by atoms with Gasteiger partial charge in [0.2, 0.25) is 15.9 Å². The highest BCUT2D eigenvalue weighted by Gasteiger charge is 2.26. The minimum atomic E-state index is -3.13. The van der Waals surface area contributed by atoms with Gasteiger partial charge in [0.25, 0.3) is 0 Å².